The summed E-state index contributed by atoms with van der Waals surface area (Å²) in [5, 5.41) is 18.0. The summed E-state index contributed by atoms with van der Waals surface area (Å²) in [6.45, 7) is 7.21. The van der Waals surface area contributed by atoms with Gasteiger partial charge in [-0.3, -0.25) is 4.79 Å². The zero-order valence-electron chi connectivity index (χ0n) is 28.5. The summed E-state index contributed by atoms with van der Waals surface area (Å²) in [4.78, 5) is 10.3. The summed E-state index contributed by atoms with van der Waals surface area (Å²) in [6.07, 6.45) is 43.1. The topological polar surface area (TPSA) is 57.5 Å². The Hall–Kier alpha value is -0.830. The molecule has 0 saturated heterocycles. The van der Waals surface area contributed by atoms with Crippen molar-refractivity contribution >= 4 is 5.97 Å². The monoisotopic (exact) mass is 581 g/mol. The van der Waals surface area contributed by atoms with E-state index in [1.807, 2.05) is 0 Å². The third-order valence-corrected chi connectivity index (χ3v) is 8.34. The lowest BCUT2D eigenvalue weighted by molar-refractivity contribution is -0.137. The molecule has 0 radical (unpaired) electrons. The normalized spacial score (nSPS) is 12.0. The Morgan fingerprint density at radius 3 is 1.15 bits per heavy atom. The zero-order chi connectivity index (χ0) is 30.5. The molecule has 0 amide bonds. The van der Waals surface area contributed by atoms with Gasteiger partial charge in [0.15, 0.2) is 0 Å². The van der Waals surface area contributed by atoms with Gasteiger partial charge in [0, 0.05) is 13.0 Å². The third kappa shape index (κ3) is 41.4. The van der Waals surface area contributed by atoms with Gasteiger partial charge < -0.3 is 10.2 Å². The van der Waals surface area contributed by atoms with Gasteiger partial charge in [-0.05, 0) is 50.9 Å². The van der Waals surface area contributed by atoms with Crippen LogP contribution in [0.25, 0.3) is 0 Å². The molecule has 3 nitrogen and oxygen atoms in total. The fraction of sp³-hybridized carbons (Fsp3) is 0.921. The molecule has 41 heavy (non-hydrogen) atoms. The molecule has 0 heterocycles. The molecule has 0 aliphatic rings. The smallest absolute Gasteiger partial charge is 0.303 e. The predicted molar refractivity (Wildman–Crippen MR) is 183 cm³/mol. The summed E-state index contributed by atoms with van der Waals surface area (Å²) in [6, 6.07) is 0. The SMILES string of the molecule is CCCCCCCC/C=C\CCCCCCCC(=O)O.CCCCCCCCCCC(CO)CCCCCCCC. The van der Waals surface area contributed by atoms with Gasteiger partial charge in [0.25, 0.3) is 0 Å². The van der Waals surface area contributed by atoms with E-state index in [0.29, 0.717) is 18.9 Å². The average Bonchev–Trinajstić information content (AvgIpc) is 2.97. The molecule has 0 aromatic heterocycles. The van der Waals surface area contributed by atoms with E-state index < -0.39 is 5.97 Å². The molecule has 0 aliphatic carbocycles. The van der Waals surface area contributed by atoms with Crippen molar-refractivity contribution in [3.05, 3.63) is 12.2 Å². The van der Waals surface area contributed by atoms with Crippen LogP contribution in [-0.2, 0) is 4.79 Å². The number of aliphatic carboxylic acids is 1. The van der Waals surface area contributed by atoms with E-state index in [2.05, 4.69) is 32.9 Å². The third-order valence-electron chi connectivity index (χ3n) is 8.34. The van der Waals surface area contributed by atoms with Crippen LogP contribution in [0, 0.1) is 5.92 Å². The van der Waals surface area contributed by atoms with E-state index in [4.69, 9.17) is 5.11 Å². The van der Waals surface area contributed by atoms with Crippen LogP contribution in [-0.4, -0.2) is 22.8 Å². The molecule has 0 fully saturated rings. The largest absolute Gasteiger partial charge is 0.481 e. The molecule has 246 valence electrons. The molecule has 0 aliphatic heterocycles. The van der Waals surface area contributed by atoms with Gasteiger partial charge >= 0.3 is 5.97 Å². The van der Waals surface area contributed by atoms with E-state index in [0.717, 1.165) is 12.8 Å². The molecule has 1 unspecified atom stereocenters. The van der Waals surface area contributed by atoms with E-state index in [1.54, 1.807) is 0 Å². The first-order chi connectivity index (χ1) is 20.1. The van der Waals surface area contributed by atoms with Crippen LogP contribution in [0.4, 0.5) is 0 Å². The lowest BCUT2D eigenvalue weighted by Gasteiger charge is -2.13. The van der Waals surface area contributed by atoms with Crippen LogP contribution >= 0.6 is 0 Å². The van der Waals surface area contributed by atoms with Crippen LogP contribution in [0.2, 0.25) is 0 Å². The molecule has 1 atom stereocenters. The Labute approximate surface area is 258 Å². The first-order valence-corrected chi connectivity index (χ1v) is 18.6. The van der Waals surface area contributed by atoms with Crippen molar-refractivity contribution in [3.63, 3.8) is 0 Å². The van der Waals surface area contributed by atoms with Crippen molar-refractivity contribution in [1.29, 1.82) is 0 Å². The maximum atomic E-state index is 10.3. The second-order valence-corrected chi connectivity index (χ2v) is 12.6. The van der Waals surface area contributed by atoms with E-state index >= 15 is 0 Å². The number of aliphatic hydroxyl groups is 1. The average molecular weight is 581 g/mol. The number of carbonyl (C=O) groups is 1. The summed E-state index contributed by atoms with van der Waals surface area (Å²) in [5.41, 5.74) is 0. The second kappa shape index (κ2) is 39.2. The Morgan fingerprint density at radius 1 is 0.488 bits per heavy atom. The van der Waals surface area contributed by atoms with Crippen molar-refractivity contribution in [3.8, 4) is 0 Å². The Morgan fingerprint density at radius 2 is 0.805 bits per heavy atom. The molecule has 0 rings (SSSR count). The van der Waals surface area contributed by atoms with E-state index in [-0.39, 0.29) is 0 Å². The highest BCUT2D eigenvalue weighted by Crippen LogP contribution is 2.19. The summed E-state index contributed by atoms with van der Waals surface area (Å²) in [7, 11) is 0. The van der Waals surface area contributed by atoms with Crippen LogP contribution in [0.15, 0.2) is 12.2 Å². The highest BCUT2D eigenvalue weighted by molar-refractivity contribution is 5.66. The van der Waals surface area contributed by atoms with Crippen molar-refractivity contribution in [1.82, 2.24) is 0 Å². The Balaban J connectivity index is 0. The number of aliphatic hydroxyl groups excluding tert-OH is 1. The fourth-order valence-electron chi connectivity index (χ4n) is 5.45. The van der Waals surface area contributed by atoms with Gasteiger partial charge in [-0.1, -0.05) is 174 Å². The zero-order valence-corrected chi connectivity index (χ0v) is 28.5. The van der Waals surface area contributed by atoms with Gasteiger partial charge in [0.1, 0.15) is 0 Å². The van der Waals surface area contributed by atoms with Gasteiger partial charge in [-0.2, -0.15) is 0 Å². The van der Waals surface area contributed by atoms with Crippen LogP contribution in [0.1, 0.15) is 213 Å². The number of hydrogen-bond acceptors (Lipinski definition) is 2. The van der Waals surface area contributed by atoms with Gasteiger partial charge in [-0.25, -0.2) is 0 Å². The van der Waals surface area contributed by atoms with Crippen LogP contribution < -0.4 is 0 Å². The van der Waals surface area contributed by atoms with Crippen LogP contribution in [0.5, 0.6) is 0 Å². The minimum absolute atomic E-state index is 0.332. The number of carboxylic acids is 1. The molecular weight excluding hydrogens is 504 g/mol. The van der Waals surface area contributed by atoms with Gasteiger partial charge in [-0.15, -0.1) is 0 Å². The number of hydrogen-bond donors (Lipinski definition) is 2. The number of rotatable bonds is 32. The Bertz CT molecular complexity index is 502. The maximum absolute atomic E-state index is 10.3. The quantitative estimate of drug-likeness (QED) is 0.0614. The van der Waals surface area contributed by atoms with Crippen molar-refractivity contribution < 1.29 is 15.0 Å². The van der Waals surface area contributed by atoms with Gasteiger partial charge in [0.2, 0.25) is 0 Å². The Kier molecular flexibility index (Phi) is 40.4. The summed E-state index contributed by atoms with van der Waals surface area (Å²) >= 11 is 0. The minimum atomic E-state index is -0.664. The predicted octanol–water partition coefficient (Wildman–Crippen LogP) is 13.0. The lowest BCUT2D eigenvalue weighted by Crippen LogP contribution is -2.06. The number of allylic oxidation sites excluding steroid dienone is 2. The van der Waals surface area contributed by atoms with Crippen LogP contribution in [0.3, 0.4) is 0 Å². The van der Waals surface area contributed by atoms with Gasteiger partial charge in [0.05, 0.1) is 0 Å². The van der Waals surface area contributed by atoms with Crippen molar-refractivity contribution in [2.75, 3.05) is 6.61 Å². The lowest BCUT2D eigenvalue weighted by atomic mass is 9.95. The second-order valence-electron chi connectivity index (χ2n) is 12.6. The molecular formula is C38H76O3. The number of unbranched alkanes of at least 4 members (excludes halogenated alkanes) is 23. The summed E-state index contributed by atoms with van der Waals surface area (Å²) < 4.78 is 0. The molecule has 0 bridgehead atoms. The molecule has 3 heteroatoms. The van der Waals surface area contributed by atoms with E-state index in [1.165, 1.54) is 173 Å². The van der Waals surface area contributed by atoms with Crippen molar-refractivity contribution in [2.24, 2.45) is 5.92 Å². The molecule has 2 N–H and O–H groups in total. The first-order valence-electron chi connectivity index (χ1n) is 18.6. The van der Waals surface area contributed by atoms with E-state index in [9.17, 15) is 9.90 Å². The first kappa shape index (κ1) is 42.3. The molecule has 0 spiro atoms. The highest BCUT2D eigenvalue weighted by atomic mass is 16.4. The summed E-state index contributed by atoms with van der Waals surface area (Å²) in [5.74, 6) is -0.0844. The maximum Gasteiger partial charge on any atom is 0.303 e. The fourth-order valence-corrected chi connectivity index (χ4v) is 5.45. The molecule has 0 saturated carbocycles. The standard InChI is InChI=1S/C20H42O.C18H34O2/c1-3-5-7-9-11-12-14-16-18-20(19-21)17-15-13-10-8-6-4-2;1-2-3-4-5-6-7-8-9-10-11-12-13-14-15-16-17-18(19)20/h20-21H,3-19H2,1-2H3;9-10H,2-8,11-17H2,1H3,(H,19,20)/b;10-9-. The highest BCUT2D eigenvalue weighted by Gasteiger charge is 2.07. The minimum Gasteiger partial charge on any atom is -0.481 e. The molecule has 0 aromatic carbocycles. The van der Waals surface area contributed by atoms with Crippen molar-refractivity contribution in [2.45, 2.75) is 213 Å². The number of carboxylic acid groups (broad SMARTS) is 1. The molecule has 0 aromatic rings.